The topological polar surface area (TPSA) is 40.5 Å². The van der Waals surface area contributed by atoms with Crippen LogP contribution in [-0.2, 0) is 6.42 Å². The monoisotopic (exact) mass is 210 g/mol. The SMILES string of the molecule is OB(O)C1=Cc2cccc3cccc(c23)C1. The third-order valence-corrected chi connectivity index (χ3v) is 3.09. The number of hydrogen-bond acceptors (Lipinski definition) is 2. The van der Waals surface area contributed by atoms with Crippen LogP contribution >= 0.6 is 0 Å². The normalized spacial score (nSPS) is 13.8. The first kappa shape index (κ1) is 9.64. The van der Waals surface area contributed by atoms with E-state index >= 15 is 0 Å². The van der Waals surface area contributed by atoms with Crippen molar-refractivity contribution in [3.8, 4) is 0 Å². The molecule has 0 radical (unpaired) electrons. The summed E-state index contributed by atoms with van der Waals surface area (Å²) in [5.41, 5.74) is 2.90. The quantitative estimate of drug-likeness (QED) is 0.704. The van der Waals surface area contributed by atoms with Crippen molar-refractivity contribution in [1.82, 2.24) is 0 Å². The lowest BCUT2D eigenvalue weighted by atomic mass is 9.71. The Hall–Kier alpha value is -1.58. The molecule has 16 heavy (non-hydrogen) atoms. The molecular weight excluding hydrogens is 199 g/mol. The lowest BCUT2D eigenvalue weighted by Crippen LogP contribution is -2.18. The van der Waals surface area contributed by atoms with Crippen LogP contribution in [0.15, 0.2) is 41.9 Å². The minimum Gasteiger partial charge on any atom is -0.423 e. The molecule has 2 aromatic rings. The van der Waals surface area contributed by atoms with E-state index < -0.39 is 7.12 Å². The van der Waals surface area contributed by atoms with Crippen molar-refractivity contribution >= 4 is 24.0 Å². The summed E-state index contributed by atoms with van der Waals surface area (Å²) in [6, 6.07) is 12.2. The van der Waals surface area contributed by atoms with Gasteiger partial charge in [0, 0.05) is 0 Å². The molecule has 0 aliphatic heterocycles. The van der Waals surface area contributed by atoms with Gasteiger partial charge in [-0.2, -0.15) is 0 Å². The first-order valence-electron chi connectivity index (χ1n) is 5.33. The van der Waals surface area contributed by atoms with E-state index in [0.29, 0.717) is 11.9 Å². The molecule has 3 heteroatoms. The van der Waals surface area contributed by atoms with Crippen LogP contribution in [0.5, 0.6) is 0 Å². The van der Waals surface area contributed by atoms with Gasteiger partial charge in [-0.05, 0) is 33.8 Å². The maximum atomic E-state index is 9.25. The van der Waals surface area contributed by atoms with Crippen molar-refractivity contribution in [3.63, 3.8) is 0 Å². The molecule has 0 saturated carbocycles. The fraction of sp³-hybridized carbons (Fsp3) is 0.0769. The number of hydrogen-bond donors (Lipinski definition) is 2. The zero-order chi connectivity index (χ0) is 11.1. The van der Waals surface area contributed by atoms with Crippen LogP contribution in [0.2, 0.25) is 0 Å². The summed E-state index contributed by atoms with van der Waals surface area (Å²) in [5, 5.41) is 20.9. The fourth-order valence-corrected chi connectivity index (χ4v) is 2.35. The minimum atomic E-state index is -1.36. The Labute approximate surface area is 94.0 Å². The van der Waals surface area contributed by atoms with Gasteiger partial charge in [0.25, 0.3) is 0 Å². The maximum absolute atomic E-state index is 9.25. The Bertz CT molecular complexity index is 582. The van der Waals surface area contributed by atoms with Crippen molar-refractivity contribution in [2.45, 2.75) is 6.42 Å². The van der Waals surface area contributed by atoms with Crippen molar-refractivity contribution in [2.75, 3.05) is 0 Å². The molecule has 2 nitrogen and oxygen atoms in total. The van der Waals surface area contributed by atoms with Gasteiger partial charge in [-0.15, -0.1) is 0 Å². The lowest BCUT2D eigenvalue weighted by molar-refractivity contribution is 0.418. The zero-order valence-corrected chi connectivity index (χ0v) is 8.72. The van der Waals surface area contributed by atoms with Crippen molar-refractivity contribution in [3.05, 3.63) is 53.0 Å². The smallest absolute Gasteiger partial charge is 0.423 e. The molecule has 1 aliphatic rings. The minimum absolute atomic E-state index is 0.617. The molecule has 3 rings (SSSR count). The summed E-state index contributed by atoms with van der Waals surface area (Å²) in [5.74, 6) is 0. The van der Waals surface area contributed by atoms with E-state index in [1.165, 1.54) is 16.3 Å². The van der Waals surface area contributed by atoms with E-state index in [1.807, 2.05) is 30.3 Å². The highest BCUT2D eigenvalue weighted by Crippen LogP contribution is 2.31. The first-order chi connectivity index (χ1) is 7.75. The summed E-state index contributed by atoms with van der Waals surface area (Å²) >= 11 is 0. The van der Waals surface area contributed by atoms with E-state index in [1.54, 1.807) is 0 Å². The molecule has 0 fully saturated rings. The molecule has 0 spiro atoms. The van der Waals surface area contributed by atoms with Gasteiger partial charge in [-0.3, -0.25) is 0 Å². The number of benzene rings is 2. The second-order valence-corrected chi connectivity index (χ2v) is 4.13. The summed E-state index contributed by atoms with van der Waals surface area (Å²) in [7, 11) is -1.36. The molecule has 78 valence electrons. The van der Waals surface area contributed by atoms with Gasteiger partial charge in [0.2, 0.25) is 0 Å². The molecule has 1 aliphatic carbocycles. The Morgan fingerprint density at radius 1 is 1.00 bits per heavy atom. The Balaban J connectivity index is 2.32. The maximum Gasteiger partial charge on any atom is 0.484 e. The van der Waals surface area contributed by atoms with Crippen LogP contribution in [0, 0.1) is 0 Å². The van der Waals surface area contributed by atoms with E-state index in [0.717, 1.165) is 5.56 Å². The third-order valence-electron chi connectivity index (χ3n) is 3.09. The van der Waals surface area contributed by atoms with E-state index in [4.69, 9.17) is 0 Å². The first-order valence-corrected chi connectivity index (χ1v) is 5.33. The molecule has 0 bridgehead atoms. The Morgan fingerprint density at radius 2 is 1.75 bits per heavy atom. The van der Waals surface area contributed by atoms with Gasteiger partial charge < -0.3 is 10.0 Å². The average Bonchev–Trinajstić information content (AvgIpc) is 2.29. The van der Waals surface area contributed by atoms with Gasteiger partial charge in [0.05, 0.1) is 0 Å². The molecule has 2 aromatic carbocycles. The highest BCUT2D eigenvalue weighted by atomic mass is 16.4. The Morgan fingerprint density at radius 3 is 2.50 bits per heavy atom. The van der Waals surface area contributed by atoms with Crippen molar-refractivity contribution < 1.29 is 10.0 Å². The molecule has 0 amide bonds. The molecule has 0 heterocycles. The van der Waals surface area contributed by atoms with Crippen LogP contribution in [0.3, 0.4) is 0 Å². The number of allylic oxidation sites excluding steroid dienone is 1. The second-order valence-electron chi connectivity index (χ2n) is 4.13. The van der Waals surface area contributed by atoms with E-state index in [2.05, 4.69) is 12.1 Å². The predicted molar refractivity (Wildman–Crippen MR) is 65.8 cm³/mol. The van der Waals surface area contributed by atoms with Gasteiger partial charge in [-0.25, -0.2) is 0 Å². The molecular formula is C13H11BO2. The largest absolute Gasteiger partial charge is 0.484 e. The average molecular weight is 210 g/mol. The van der Waals surface area contributed by atoms with Crippen LogP contribution in [-0.4, -0.2) is 17.2 Å². The van der Waals surface area contributed by atoms with Crippen LogP contribution < -0.4 is 0 Å². The molecule has 0 aromatic heterocycles. The van der Waals surface area contributed by atoms with Crippen LogP contribution in [0.4, 0.5) is 0 Å². The predicted octanol–water partition coefficient (Wildman–Crippen LogP) is 1.79. The Kier molecular flexibility index (Phi) is 2.09. The van der Waals surface area contributed by atoms with E-state index in [9.17, 15) is 10.0 Å². The van der Waals surface area contributed by atoms with Crippen molar-refractivity contribution in [1.29, 1.82) is 0 Å². The van der Waals surface area contributed by atoms with Crippen LogP contribution in [0.25, 0.3) is 16.8 Å². The summed E-state index contributed by atoms with van der Waals surface area (Å²) in [4.78, 5) is 0. The highest BCUT2D eigenvalue weighted by Gasteiger charge is 2.20. The second kappa shape index (κ2) is 3.47. The lowest BCUT2D eigenvalue weighted by Gasteiger charge is -2.17. The molecule has 0 unspecified atom stereocenters. The zero-order valence-electron chi connectivity index (χ0n) is 8.72. The van der Waals surface area contributed by atoms with Gasteiger partial charge in [0.15, 0.2) is 0 Å². The molecule has 0 atom stereocenters. The summed E-state index contributed by atoms with van der Waals surface area (Å²) < 4.78 is 0. The molecule has 2 N–H and O–H groups in total. The van der Waals surface area contributed by atoms with Gasteiger partial charge in [0.1, 0.15) is 0 Å². The fourth-order valence-electron chi connectivity index (χ4n) is 2.35. The van der Waals surface area contributed by atoms with Crippen molar-refractivity contribution in [2.24, 2.45) is 0 Å². The number of rotatable bonds is 1. The summed E-state index contributed by atoms with van der Waals surface area (Å²) in [6.45, 7) is 0. The molecule has 0 saturated heterocycles. The highest BCUT2D eigenvalue weighted by molar-refractivity contribution is 6.52. The standard InChI is InChI=1S/C13H11BO2/c15-14(16)12-7-10-5-1-3-9-4-2-6-11(8-12)13(9)10/h1-7,15-16H,8H2. The van der Waals surface area contributed by atoms with E-state index in [-0.39, 0.29) is 0 Å². The van der Waals surface area contributed by atoms with Gasteiger partial charge >= 0.3 is 7.12 Å². The van der Waals surface area contributed by atoms with Gasteiger partial charge in [-0.1, -0.05) is 42.5 Å². The third kappa shape index (κ3) is 1.37. The summed E-state index contributed by atoms with van der Waals surface area (Å²) in [6.07, 6.45) is 2.49. The van der Waals surface area contributed by atoms with Crippen LogP contribution in [0.1, 0.15) is 11.1 Å².